The molecule has 2 aromatic heterocycles. The molecular formula is C12H16N6O. The lowest BCUT2D eigenvalue weighted by atomic mass is 10.2. The maximum Gasteiger partial charge on any atom is 0.254 e. The van der Waals surface area contributed by atoms with Gasteiger partial charge in [0.05, 0.1) is 5.56 Å². The van der Waals surface area contributed by atoms with Crippen LogP contribution >= 0.6 is 0 Å². The minimum atomic E-state index is -0.130. The molecule has 2 rings (SSSR count). The second-order valence-corrected chi connectivity index (χ2v) is 3.96. The van der Waals surface area contributed by atoms with Gasteiger partial charge in [0, 0.05) is 38.1 Å². The van der Waals surface area contributed by atoms with Crippen molar-refractivity contribution >= 4 is 11.6 Å². The number of rotatable bonds is 6. The molecule has 0 saturated carbocycles. The molecule has 0 spiro atoms. The van der Waals surface area contributed by atoms with Crippen molar-refractivity contribution in [3.8, 4) is 0 Å². The Morgan fingerprint density at radius 3 is 3.11 bits per heavy atom. The van der Waals surface area contributed by atoms with Crippen LogP contribution in [0.3, 0.4) is 0 Å². The summed E-state index contributed by atoms with van der Waals surface area (Å²) in [6.45, 7) is 0.581. The second-order valence-electron chi connectivity index (χ2n) is 3.96. The molecule has 0 saturated heterocycles. The fourth-order valence-corrected chi connectivity index (χ4v) is 1.70. The maximum absolute atomic E-state index is 12.0. The van der Waals surface area contributed by atoms with E-state index in [-0.39, 0.29) is 5.91 Å². The molecule has 1 amide bonds. The number of aromatic amines is 1. The zero-order valence-electron chi connectivity index (χ0n) is 10.7. The van der Waals surface area contributed by atoms with Gasteiger partial charge >= 0.3 is 0 Å². The summed E-state index contributed by atoms with van der Waals surface area (Å²) in [6.07, 6.45) is 6.23. The number of nitrogens with zero attached hydrogens (tertiary/aromatic N) is 3. The zero-order valence-corrected chi connectivity index (χ0v) is 10.7. The summed E-state index contributed by atoms with van der Waals surface area (Å²) in [5.74, 6) is 0.696. The predicted molar refractivity (Wildman–Crippen MR) is 70.8 cm³/mol. The van der Waals surface area contributed by atoms with Crippen LogP contribution in [0.1, 0.15) is 22.6 Å². The maximum atomic E-state index is 12.0. The van der Waals surface area contributed by atoms with Crippen LogP contribution in [0.25, 0.3) is 0 Å². The topological polar surface area (TPSA) is 95.6 Å². The monoisotopic (exact) mass is 260 g/mol. The lowest BCUT2D eigenvalue weighted by Gasteiger charge is -2.08. The van der Waals surface area contributed by atoms with E-state index in [0.29, 0.717) is 12.1 Å². The van der Waals surface area contributed by atoms with Gasteiger partial charge in [0.2, 0.25) is 0 Å². The Kier molecular flexibility index (Phi) is 4.44. The highest BCUT2D eigenvalue weighted by Gasteiger charge is 2.09. The van der Waals surface area contributed by atoms with Crippen molar-refractivity contribution in [1.29, 1.82) is 0 Å². The van der Waals surface area contributed by atoms with Gasteiger partial charge in [-0.25, -0.2) is 4.98 Å². The number of carbonyl (C=O) groups excluding carboxylic acids is 1. The third-order valence-corrected chi connectivity index (χ3v) is 2.68. The van der Waals surface area contributed by atoms with E-state index in [2.05, 4.69) is 30.8 Å². The van der Waals surface area contributed by atoms with E-state index < -0.39 is 0 Å². The Labute approximate surface area is 110 Å². The molecule has 19 heavy (non-hydrogen) atoms. The molecule has 0 aliphatic rings. The second kappa shape index (κ2) is 6.48. The molecule has 0 unspecified atom stereocenters. The van der Waals surface area contributed by atoms with Crippen LogP contribution in [0.5, 0.6) is 0 Å². The quantitative estimate of drug-likeness (QED) is 0.661. The number of pyridine rings is 1. The minimum Gasteiger partial charge on any atom is -0.387 e. The van der Waals surface area contributed by atoms with Gasteiger partial charge in [-0.15, -0.1) is 0 Å². The Balaban J connectivity index is 1.81. The Morgan fingerprint density at radius 2 is 2.37 bits per heavy atom. The minimum absolute atomic E-state index is 0.130. The summed E-state index contributed by atoms with van der Waals surface area (Å²) in [5, 5.41) is 12.4. The smallest absolute Gasteiger partial charge is 0.254 e. The third-order valence-electron chi connectivity index (χ3n) is 2.68. The lowest BCUT2D eigenvalue weighted by molar-refractivity contribution is 0.0953. The first-order chi connectivity index (χ1) is 9.31. The number of amides is 1. The summed E-state index contributed by atoms with van der Waals surface area (Å²) in [7, 11) is 1.77. The van der Waals surface area contributed by atoms with Crippen molar-refractivity contribution in [2.45, 2.75) is 12.8 Å². The molecule has 0 radical (unpaired) electrons. The molecule has 100 valence electrons. The number of H-pyrrole nitrogens is 1. The number of aromatic nitrogens is 4. The number of aryl methyl sites for hydroxylation is 1. The molecule has 0 bridgehead atoms. The largest absolute Gasteiger partial charge is 0.387 e. The van der Waals surface area contributed by atoms with Gasteiger partial charge in [-0.05, 0) is 12.5 Å². The first kappa shape index (κ1) is 13.0. The van der Waals surface area contributed by atoms with Crippen LogP contribution in [0, 0.1) is 0 Å². The molecule has 0 aliphatic heterocycles. The molecule has 0 aliphatic carbocycles. The number of hydrogen-bond acceptors (Lipinski definition) is 5. The number of anilines is 1. The SMILES string of the molecule is CNc1ccncc1C(=O)NCCCc1ncn[nH]1. The summed E-state index contributed by atoms with van der Waals surface area (Å²) < 4.78 is 0. The average Bonchev–Trinajstić information content (AvgIpc) is 2.96. The van der Waals surface area contributed by atoms with Gasteiger partial charge in [-0.1, -0.05) is 0 Å². The Bertz CT molecular complexity index is 525. The lowest BCUT2D eigenvalue weighted by Crippen LogP contribution is -2.25. The summed E-state index contributed by atoms with van der Waals surface area (Å²) in [6, 6.07) is 1.77. The first-order valence-corrected chi connectivity index (χ1v) is 6.05. The Morgan fingerprint density at radius 1 is 1.47 bits per heavy atom. The molecular weight excluding hydrogens is 244 g/mol. The molecule has 7 heteroatoms. The van der Waals surface area contributed by atoms with Gasteiger partial charge in [0.1, 0.15) is 12.2 Å². The summed E-state index contributed by atoms with van der Waals surface area (Å²) in [5.41, 5.74) is 1.31. The molecule has 0 aromatic carbocycles. The van der Waals surface area contributed by atoms with Gasteiger partial charge in [0.15, 0.2) is 0 Å². The third kappa shape index (κ3) is 3.51. The molecule has 7 nitrogen and oxygen atoms in total. The van der Waals surface area contributed by atoms with Crippen LogP contribution in [0.4, 0.5) is 5.69 Å². The fraction of sp³-hybridized carbons (Fsp3) is 0.333. The van der Waals surface area contributed by atoms with E-state index in [1.807, 2.05) is 0 Å². The number of carbonyl (C=O) groups is 1. The standard InChI is InChI=1S/C12H16N6O/c1-13-10-4-6-14-7-9(10)12(19)15-5-2-3-11-16-8-17-18-11/h4,6-8H,2-3,5H2,1H3,(H,13,14)(H,15,19)(H,16,17,18). The number of hydrogen-bond donors (Lipinski definition) is 3. The molecule has 0 atom stereocenters. The average molecular weight is 260 g/mol. The van der Waals surface area contributed by atoms with E-state index >= 15 is 0 Å². The van der Waals surface area contributed by atoms with Crippen LogP contribution in [0.15, 0.2) is 24.8 Å². The highest BCUT2D eigenvalue weighted by Crippen LogP contribution is 2.11. The van der Waals surface area contributed by atoms with Crippen LogP contribution in [-0.2, 0) is 6.42 Å². The van der Waals surface area contributed by atoms with E-state index in [4.69, 9.17) is 0 Å². The highest BCUT2D eigenvalue weighted by atomic mass is 16.1. The zero-order chi connectivity index (χ0) is 13.5. The van der Waals surface area contributed by atoms with Crippen molar-refractivity contribution < 1.29 is 4.79 Å². The predicted octanol–water partition coefficient (Wildman–Crippen LogP) is 0.604. The van der Waals surface area contributed by atoms with Gasteiger partial charge in [-0.3, -0.25) is 14.9 Å². The summed E-state index contributed by atoms with van der Waals surface area (Å²) in [4.78, 5) is 19.9. The van der Waals surface area contributed by atoms with Crippen LogP contribution in [-0.4, -0.2) is 39.7 Å². The normalized spacial score (nSPS) is 10.2. The molecule has 2 heterocycles. The van der Waals surface area contributed by atoms with Crippen LogP contribution < -0.4 is 10.6 Å². The van der Waals surface area contributed by atoms with E-state index in [0.717, 1.165) is 24.4 Å². The van der Waals surface area contributed by atoms with E-state index in [9.17, 15) is 4.79 Å². The van der Waals surface area contributed by atoms with Gasteiger partial charge in [0.25, 0.3) is 5.91 Å². The van der Waals surface area contributed by atoms with Crippen molar-refractivity contribution in [2.75, 3.05) is 18.9 Å². The highest BCUT2D eigenvalue weighted by molar-refractivity contribution is 5.99. The van der Waals surface area contributed by atoms with Gasteiger partial charge < -0.3 is 10.6 Å². The number of nitrogens with one attached hydrogen (secondary N) is 3. The van der Waals surface area contributed by atoms with E-state index in [1.165, 1.54) is 6.33 Å². The van der Waals surface area contributed by atoms with Crippen molar-refractivity contribution in [2.24, 2.45) is 0 Å². The molecule has 3 N–H and O–H groups in total. The summed E-state index contributed by atoms with van der Waals surface area (Å²) >= 11 is 0. The van der Waals surface area contributed by atoms with Crippen molar-refractivity contribution in [1.82, 2.24) is 25.5 Å². The molecule has 0 fully saturated rings. The van der Waals surface area contributed by atoms with Crippen molar-refractivity contribution in [3.05, 3.63) is 36.2 Å². The van der Waals surface area contributed by atoms with Crippen molar-refractivity contribution in [3.63, 3.8) is 0 Å². The van der Waals surface area contributed by atoms with Gasteiger partial charge in [-0.2, -0.15) is 5.10 Å². The van der Waals surface area contributed by atoms with Crippen LogP contribution in [0.2, 0.25) is 0 Å². The fourth-order valence-electron chi connectivity index (χ4n) is 1.70. The first-order valence-electron chi connectivity index (χ1n) is 6.05. The van der Waals surface area contributed by atoms with E-state index in [1.54, 1.807) is 25.5 Å². The Hall–Kier alpha value is -2.44. The molecule has 2 aromatic rings.